The van der Waals surface area contributed by atoms with E-state index >= 15 is 0 Å². The summed E-state index contributed by atoms with van der Waals surface area (Å²) in [4.78, 5) is 8.62. The average Bonchev–Trinajstić information content (AvgIpc) is 2.87. The van der Waals surface area contributed by atoms with Gasteiger partial charge >= 0.3 is 0 Å². The molecule has 0 N–H and O–H groups in total. The predicted molar refractivity (Wildman–Crippen MR) is 87.4 cm³/mol. The third-order valence-electron chi connectivity index (χ3n) is 2.91. The molecule has 3 rings (SSSR count). The van der Waals surface area contributed by atoms with Crippen LogP contribution in [0.3, 0.4) is 0 Å². The van der Waals surface area contributed by atoms with Crippen LogP contribution in [0.15, 0.2) is 41.0 Å². The maximum absolute atomic E-state index is 6.31. The van der Waals surface area contributed by atoms with Crippen LogP contribution in [0.4, 0.5) is 0 Å². The molecule has 7 heteroatoms. The zero-order valence-corrected chi connectivity index (χ0v) is 14.0. The van der Waals surface area contributed by atoms with Crippen molar-refractivity contribution < 1.29 is 0 Å². The normalized spacial score (nSPS) is 10.9. The zero-order valence-electron chi connectivity index (χ0n) is 10.9. The standard InChI is InChI=1S/C14H9BrCl2N4/c1-21-7-6-10(20-21)14-18-12(16)11(13(17)19-14)8-4-2-3-5-9(8)15/h2-7H,1H3. The molecule has 0 unspecified atom stereocenters. The number of halogens is 3. The number of hydrogen-bond acceptors (Lipinski definition) is 3. The van der Waals surface area contributed by atoms with E-state index in [0.717, 1.165) is 10.0 Å². The molecule has 0 atom stereocenters. The minimum Gasteiger partial charge on any atom is -0.275 e. The topological polar surface area (TPSA) is 43.6 Å². The maximum atomic E-state index is 6.31. The summed E-state index contributed by atoms with van der Waals surface area (Å²) < 4.78 is 2.55. The van der Waals surface area contributed by atoms with Crippen molar-refractivity contribution >= 4 is 39.1 Å². The van der Waals surface area contributed by atoms with Gasteiger partial charge in [0.25, 0.3) is 0 Å². The second-order valence-electron chi connectivity index (χ2n) is 4.36. The molecule has 4 nitrogen and oxygen atoms in total. The van der Waals surface area contributed by atoms with Crippen molar-refractivity contribution in [3.63, 3.8) is 0 Å². The molecule has 3 aromatic rings. The van der Waals surface area contributed by atoms with Gasteiger partial charge in [0.2, 0.25) is 0 Å². The molecule has 2 heterocycles. The molecule has 0 aliphatic heterocycles. The molecule has 0 spiro atoms. The summed E-state index contributed by atoms with van der Waals surface area (Å²) in [7, 11) is 1.82. The van der Waals surface area contributed by atoms with E-state index in [1.807, 2.05) is 37.5 Å². The van der Waals surface area contributed by atoms with E-state index < -0.39 is 0 Å². The first-order valence-electron chi connectivity index (χ1n) is 6.04. The third kappa shape index (κ3) is 2.81. The smallest absolute Gasteiger partial charge is 0.182 e. The minimum absolute atomic E-state index is 0.294. The van der Waals surface area contributed by atoms with Crippen LogP contribution in [-0.4, -0.2) is 19.7 Å². The Morgan fingerprint density at radius 1 is 1.05 bits per heavy atom. The Labute approximate surface area is 139 Å². The van der Waals surface area contributed by atoms with Gasteiger partial charge in [-0.3, -0.25) is 4.68 Å². The highest BCUT2D eigenvalue weighted by Crippen LogP contribution is 2.37. The van der Waals surface area contributed by atoms with Crippen molar-refractivity contribution in [2.75, 3.05) is 0 Å². The molecule has 0 saturated carbocycles. The van der Waals surface area contributed by atoms with E-state index in [1.165, 1.54) is 0 Å². The van der Waals surface area contributed by atoms with E-state index in [1.54, 1.807) is 10.7 Å². The van der Waals surface area contributed by atoms with Gasteiger partial charge in [-0.25, -0.2) is 9.97 Å². The molecule has 2 aromatic heterocycles. The van der Waals surface area contributed by atoms with Crippen LogP contribution in [0, 0.1) is 0 Å². The first-order chi connectivity index (χ1) is 10.1. The fraction of sp³-hybridized carbons (Fsp3) is 0.0714. The second-order valence-corrected chi connectivity index (χ2v) is 5.93. The number of aromatic nitrogens is 4. The molecule has 0 saturated heterocycles. The van der Waals surface area contributed by atoms with Crippen molar-refractivity contribution in [3.05, 3.63) is 51.3 Å². The summed E-state index contributed by atoms with van der Waals surface area (Å²) >= 11 is 16.1. The van der Waals surface area contributed by atoms with E-state index in [-0.39, 0.29) is 0 Å². The van der Waals surface area contributed by atoms with Gasteiger partial charge < -0.3 is 0 Å². The summed E-state index contributed by atoms with van der Waals surface area (Å²) in [6, 6.07) is 9.44. The fourth-order valence-electron chi connectivity index (χ4n) is 1.94. The first kappa shape index (κ1) is 14.5. The molecular weight excluding hydrogens is 375 g/mol. The molecule has 0 radical (unpaired) electrons. The van der Waals surface area contributed by atoms with E-state index in [4.69, 9.17) is 23.2 Å². The van der Waals surface area contributed by atoms with Crippen molar-refractivity contribution in [1.29, 1.82) is 0 Å². The summed E-state index contributed by atoms with van der Waals surface area (Å²) in [6.45, 7) is 0. The molecule has 0 aliphatic carbocycles. The lowest BCUT2D eigenvalue weighted by atomic mass is 10.1. The number of hydrogen-bond donors (Lipinski definition) is 0. The Hall–Kier alpha value is -1.43. The lowest BCUT2D eigenvalue weighted by molar-refractivity contribution is 0.768. The van der Waals surface area contributed by atoms with Crippen LogP contribution >= 0.6 is 39.1 Å². The van der Waals surface area contributed by atoms with Crippen LogP contribution in [0.25, 0.3) is 22.6 Å². The number of nitrogens with zero attached hydrogens (tertiary/aromatic N) is 4. The van der Waals surface area contributed by atoms with Gasteiger partial charge in [0.1, 0.15) is 16.0 Å². The molecular formula is C14H9BrCl2N4. The summed E-state index contributed by atoms with van der Waals surface area (Å²) in [5.41, 5.74) is 2.07. The second kappa shape index (κ2) is 5.75. The van der Waals surface area contributed by atoms with Crippen LogP contribution in [0.5, 0.6) is 0 Å². The van der Waals surface area contributed by atoms with Gasteiger partial charge in [0, 0.05) is 23.3 Å². The van der Waals surface area contributed by atoms with Crippen LogP contribution < -0.4 is 0 Å². The highest BCUT2D eigenvalue weighted by atomic mass is 79.9. The van der Waals surface area contributed by atoms with Crippen LogP contribution in [0.1, 0.15) is 0 Å². The quantitative estimate of drug-likeness (QED) is 0.606. The summed E-state index contributed by atoms with van der Waals surface area (Å²) in [5, 5.41) is 4.84. The molecule has 21 heavy (non-hydrogen) atoms. The van der Waals surface area contributed by atoms with Crippen LogP contribution in [0.2, 0.25) is 10.3 Å². The van der Waals surface area contributed by atoms with Crippen molar-refractivity contribution in [2.24, 2.45) is 7.05 Å². The predicted octanol–water partition coefficient (Wildman–Crippen LogP) is 4.61. The van der Waals surface area contributed by atoms with Gasteiger partial charge in [-0.1, -0.05) is 57.3 Å². The monoisotopic (exact) mass is 382 g/mol. The Bertz CT molecular complexity index is 793. The number of aryl methyl sites for hydroxylation is 1. The average molecular weight is 384 g/mol. The third-order valence-corrected chi connectivity index (χ3v) is 4.15. The lowest BCUT2D eigenvalue weighted by Gasteiger charge is -2.09. The van der Waals surface area contributed by atoms with E-state index in [0.29, 0.717) is 27.4 Å². The SMILES string of the molecule is Cn1ccc(-c2nc(Cl)c(-c3ccccc3Br)c(Cl)n2)n1. The van der Waals surface area contributed by atoms with E-state index in [9.17, 15) is 0 Å². The highest BCUT2D eigenvalue weighted by Gasteiger charge is 2.17. The molecule has 0 bridgehead atoms. The van der Waals surface area contributed by atoms with Gasteiger partial charge in [0.15, 0.2) is 5.82 Å². The van der Waals surface area contributed by atoms with Crippen molar-refractivity contribution in [2.45, 2.75) is 0 Å². The van der Waals surface area contributed by atoms with Gasteiger partial charge in [-0.05, 0) is 12.1 Å². The highest BCUT2D eigenvalue weighted by molar-refractivity contribution is 9.10. The number of rotatable bonds is 2. The lowest BCUT2D eigenvalue weighted by Crippen LogP contribution is -1.96. The number of benzene rings is 1. The minimum atomic E-state index is 0.294. The summed E-state index contributed by atoms with van der Waals surface area (Å²) in [6.07, 6.45) is 1.81. The van der Waals surface area contributed by atoms with Crippen molar-refractivity contribution in [3.8, 4) is 22.6 Å². The van der Waals surface area contributed by atoms with Gasteiger partial charge in [-0.15, -0.1) is 0 Å². The van der Waals surface area contributed by atoms with Crippen LogP contribution in [-0.2, 0) is 7.05 Å². The van der Waals surface area contributed by atoms with Crippen molar-refractivity contribution in [1.82, 2.24) is 19.7 Å². The molecule has 1 aromatic carbocycles. The molecule has 106 valence electrons. The van der Waals surface area contributed by atoms with Gasteiger partial charge in [-0.2, -0.15) is 5.10 Å². The molecule has 0 aliphatic rings. The molecule has 0 amide bonds. The Kier molecular flexibility index (Phi) is 3.97. The van der Waals surface area contributed by atoms with E-state index in [2.05, 4.69) is 31.0 Å². The summed E-state index contributed by atoms with van der Waals surface area (Å²) in [5.74, 6) is 0.404. The Balaban J connectivity index is 2.15. The largest absolute Gasteiger partial charge is 0.275 e. The Morgan fingerprint density at radius 3 is 2.29 bits per heavy atom. The zero-order chi connectivity index (χ0) is 15.0. The maximum Gasteiger partial charge on any atom is 0.182 e. The Morgan fingerprint density at radius 2 is 1.71 bits per heavy atom. The molecule has 0 fully saturated rings. The first-order valence-corrected chi connectivity index (χ1v) is 7.59. The fourth-order valence-corrected chi connectivity index (χ4v) is 3.02. The van der Waals surface area contributed by atoms with Gasteiger partial charge in [0.05, 0.1) is 5.56 Å².